The number of nitrogens with zero attached hydrogens (tertiary/aromatic N) is 3. The summed E-state index contributed by atoms with van der Waals surface area (Å²) < 4.78 is 1.80. The van der Waals surface area contributed by atoms with Gasteiger partial charge < -0.3 is 4.98 Å². The number of hydrogen-bond donors (Lipinski definition) is 2. The highest BCUT2D eigenvalue weighted by Crippen LogP contribution is 2.24. The maximum atomic E-state index is 12.5. The summed E-state index contributed by atoms with van der Waals surface area (Å²) in [4.78, 5) is 20.0. The van der Waals surface area contributed by atoms with Crippen LogP contribution in [0.1, 0.15) is 29.8 Å². The molecule has 2 N–H and O–H groups in total. The van der Waals surface area contributed by atoms with E-state index in [1.807, 2.05) is 52.1 Å². The van der Waals surface area contributed by atoms with Gasteiger partial charge in [0.2, 0.25) is 11.9 Å². The number of anilines is 1. The van der Waals surface area contributed by atoms with Crippen molar-refractivity contribution in [1.29, 1.82) is 0 Å². The molecule has 0 radical (unpaired) electrons. The number of carbonyl (C=O) groups is 1. The molecular formula is C16H19N5O. The first-order valence-electron chi connectivity index (χ1n) is 7.23. The molecule has 3 rings (SSSR count). The van der Waals surface area contributed by atoms with Gasteiger partial charge in [-0.2, -0.15) is 5.10 Å². The molecule has 0 spiro atoms. The molecule has 0 aliphatic carbocycles. The van der Waals surface area contributed by atoms with Crippen molar-refractivity contribution < 1.29 is 4.79 Å². The average Bonchev–Trinajstić information content (AvgIpc) is 2.99. The zero-order chi connectivity index (χ0) is 15.9. The maximum Gasteiger partial charge on any atom is 0.234 e. The van der Waals surface area contributed by atoms with Crippen molar-refractivity contribution in [3.05, 3.63) is 41.2 Å². The molecule has 114 valence electrons. The maximum absolute atomic E-state index is 12.5. The summed E-state index contributed by atoms with van der Waals surface area (Å²) in [6.45, 7) is 5.78. The number of para-hydroxylation sites is 2. The van der Waals surface area contributed by atoms with E-state index >= 15 is 0 Å². The lowest BCUT2D eigenvalue weighted by Gasteiger charge is -2.11. The molecule has 0 aliphatic rings. The third-order valence-corrected chi connectivity index (χ3v) is 4.02. The van der Waals surface area contributed by atoms with Crippen LogP contribution in [0.5, 0.6) is 0 Å². The van der Waals surface area contributed by atoms with E-state index in [1.54, 1.807) is 4.68 Å². The molecule has 0 saturated heterocycles. The third kappa shape index (κ3) is 2.36. The molecule has 22 heavy (non-hydrogen) atoms. The number of hydrogen-bond acceptors (Lipinski definition) is 3. The van der Waals surface area contributed by atoms with Crippen molar-refractivity contribution in [2.75, 3.05) is 5.32 Å². The number of benzene rings is 1. The van der Waals surface area contributed by atoms with Gasteiger partial charge in [-0.1, -0.05) is 12.1 Å². The second kappa shape index (κ2) is 5.29. The van der Waals surface area contributed by atoms with E-state index in [-0.39, 0.29) is 11.8 Å². The Labute approximate surface area is 128 Å². The number of H-pyrrole nitrogens is 1. The van der Waals surface area contributed by atoms with Gasteiger partial charge in [0.25, 0.3) is 0 Å². The van der Waals surface area contributed by atoms with Gasteiger partial charge in [0.15, 0.2) is 0 Å². The van der Waals surface area contributed by atoms with Crippen LogP contribution in [0.15, 0.2) is 24.3 Å². The number of aryl methyl sites for hydroxylation is 2. The highest BCUT2D eigenvalue weighted by atomic mass is 16.2. The summed E-state index contributed by atoms with van der Waals surface area (Å²) in [5.74, 6) is 0.0809. The number of amides is 1. The van der Waals surface area contributed by atoms with E-state index in [0.29, 0.717) is 5.95 Å². The van der Waals surface area contributed by atoms with E-state index < -0.39 is 0 Å². The lowest BCUT2D eigenvalue weighted by atomic mass is 9.98. The van der Waals surface area contributed by atoms with E-state index in [2.05, 4.69) is 20.4 Å². The Morgan fingerprint density at radius 2 is 2.05 bits per heavy atom. The quantitative estimate of drug-likeness (QED) is 0.780. The fourth-order valence-corrected chi connectivity index (χ4v) is 2.78. The smallest absolute Gasteiger partial charge is 0.234 e. The van der Waals surface area contributed by atoms with Gasteiger partial charge in [0, 0.05) is 18.3 Å². The fraction of sp³-hybridized carbons (Fsp3) is 0.312. The van der Waals surface area contributed by atoms with Crippen LogP contribution in [0.4, 0.5) is 5.95 Å². The third-order valence-electron chi connectivity index (χ3n) is 4.02. The van der Waals surface area contributed by atoms with Crippen molar-refractivity contribution in [2.24, 2.45) is 7.05 Å². The molecular weight excluding hydrogens is 278 g/mol. The Hall–Kier alpha value is -2.63. The number of nitrogens with one attached hydrogen (secondary N) is 2. The van der Waals surface area contributed by atoms with Crippen LogP contribution >= 0.6 is 0 Å². The molecule has 6 nitrogen and oxygen atoms in total. The number of aromatic amines is 1. The molecule has 1 atom stereocenters. The number of carbonyl (C=O) groups excluding carboxylic acids is 1. The summed E-state index contributed by atoms with van der Waals surface area (Å²) in [6.07, 6.45) is 0. The van der Waals surface area contributed by atoms with Crippen molar-refractivity contribution in [2.45, 2.75) is 26.7 Å². The van der Waals surface area contributed by atoms with Crippen LogP contribution in [0.25, 0.3) is 11.0 Å². The second-order valence-corrected chi connectivity index (χ2v) is 5.52. The van der Waals surface area contributed by atoms with Gasteiger partial charge in [-0.15, -0.1) is 0 Å². The van der Waals surface area contributed by atoms with Crippen LogP contribution in [-0.2, 0) is 11.8 Å². The minimum absolute atomic E-state index is 0.0988. The molecule has 6 heteroatoms. The zero-order valence-corrected chi connectivity index (χ0v) is 13.1. The first-order chi connectivity index (χ1) is 10.5. The van der Waals surface area contributed by atoms with E-state index in [4.69, 9.17) is 0 Å². The first kappa shape index (κ1) is 14.3. The molecule has 2 heterocycles. The molecule has 1 amide bonds. The monoisotopic (exact) mass is 297 g/mol. The van der Waals surface area contributed by atoms with Crippen LogP contribution < -0.4 is 5.32 Å². The van der Waals surface area contributed by atoms with Gasteiger partial charge in [0.1, 0.15) is 0 Å². The van der Waals surface area contributed by atoms with Crippen molar-refractivity contribution in [3.8, 4) is 0 Å². The first-order valence-corrected chi connectivity index (χ1v) is 7.23. The van der Waals surface area contributed by atoms with Gasteiger partial charge >= 0.3 is 0 Å². The highest BCUT2D eigenvalue weighted by Gasteiger charge is 2.23. The summed E-state index contributed by atoms with van der Waals surface area (Å²) in [6, 6.07) is 7.67. The largest absolute Gasteiger partial charge is 0.324 e. The van der Waals surface area contributed by atoms with E-state index in [9.17, 15) is 4.79 Å². The summed E-state index contributed by atoms with van der Waals surface area (Å²) in [7, 11) is 1.88. The van der Waals surface area contributed by atoms with Crippen LogP contribution in [-0.4, -0.2) is 25.7 Å². The summed E-state index contributed by atoms with van der Waals surface area (Å²) in [5, 5.41) is 7.22. The predicted octanol–water partition coefficient (Wildman–Crippen LogP) is 2.66. The summed E-state index contributed by atoms with van der Waals surface area (Å²) in [5.41, 5.74) is 4.59. The molecule has 0 aliphatic heterocycles. The molecule has 0 unspecified atom stereocenters. The van der Waals surface area contributed by atoms with E-state index in [0.717, 1.165) is 28.0 Å². The minimum atomic E-state index is -0.290. The SMILES string of the molecule is Cc1nn(C)c(C)c1[C@@H](C)C(=O)Nc1nc2ccccc2[nH]1. The van der Waals surface area contributed by atoms with Crippen LogP contribution in [0.3, 0.4) is 0 Å². The topological polar surface area (TPSA) is 75.6 Å². The van der Waals surface area contributed by atoms with Crippen molar-refractivity contribution in [1.82, 2.24) is 19.7 Å². The Kier molecular flexibility index (Phi) is 3.44. The minimum Gasteiger partial charge on any atom is -0.324 e. The molecule has 1 aromatic carbocycles. The van der Waals surface area contributed by atoms with Crippen LogP contribution in [0, 0.1) is 13.8 Å². The number of fused-ring (bicyclic) bond motifs is 1. The highest BCUT2D eigenvalue weighted by molar-refractivity contribution is 5.95. The Morgan fingerprint density at radius 1 is 1.32 bits per heavy atom. The number of rotatable bonds is 3. The van der Waals surface area contributed by atoms with Gasteiger partial charge in [0.05, 0.1) is 22.6 Å². The normalized spacial score (nSPS) is 12.5. The molecule has 0 bridgehead atoms. The standard InChI is InChI=1S/C16H19N5O/c1-9(14-10(2)20-21(4)11(14)3)15(22)19-16-17-12-7-5-6-8-13(12)18-16/h5-9H,1-4H3,(H2,17,18,19,22)/t9-/m1/s1. The predicted molar refractivity (Wildman–Crippen MR) is 85.8 cm³/mol. The second-order valence-electron chi connectivity index (χ2n) is 5.52. The average molecular weight is 297 g/mol. The lowest BCUT2D eigenvalue weighted by Crippen LogP contribution is -2.20. The summed E-state index contributed by atoms with van der Waals surface area (Å²) >= 11 is 0. The van der Waals surface area contributed by atoms with Crippen molar-refractivity contribution in [3.63, 3.8) is 0 Å². The lowest BCUT2D eigenvalue weighted by molar-refractivity contribution is -0.117. The van der Waals surface area contributed by atoms with Gasteiger partial charge in [-0.25, -0.2) is 4.98 Å². The molecule has 3 aromatic rings. The molecule has 0 fully saturated rings. The van der Waals surface area contributed by atoms with Crippen molar-refractivity contribution >= 4 is 22.9 Å². The molecule has 2 aromatic heterocycles. The molecule has 0 saturated carbocycles. The Bertz CT molecular complexity index is 812. The Balaban J connectivity index is 1.84. The van der Waals surface area contributed by atoms with E-state index in [1.165, 1.54) is 0 Å². The number of imidazole rings is 1. The fourth-order valence-electron chi connectivity index (χ4n) is 2.78. The van der Waals surface area contributed by atoms with Crippen LogP contribution in [0.2, 0.25) is 0 Å². The number of aromatic nitrogens is 4. The van der Waals surface area contributed by atoms with Gasteiger partial charge in [-0.05, 0) is 32.9 Å². The Morgan fingerprint density at radius 3 is 2.68 bits per heavy atom. The zero-order valence-electron chi connectivity index (χ0n) is 13.1. The van der Waals surface area contributed by atoms with Gasteiger partial charge in [-0.3, -0.25) is 14.8 Å².